The molecule has 2 unspecified atom stereocenters. The van der Waals surface area contributed by atoms with Crippen LogP contribution in [0.25, 0.3) is 5.65 Å². The van der Waals surface area contributed by atoms with Crippen molar-refractivity contribution in [1.29, 1.82) is 0 Å². The second-order valence-electron chi connectivity index (χ2n) is 5.11. The van der Waals surface area contributed by atoms with Crippen LogP contribution in [0.4, 0.5) is 11.6 Å². The Labute approximate surface area is 123 Å². The van der Waals surface area contributed by atoms with Gasteiger partial charge in [0.1, 0.15) is 5.82 Å². The van der Waals surface area contributed by atoms with Crippen molar-refractivity contribution < 1.29 is 0 Å². The van der Waals surface area contributed by atoms with Gasteiger partial charge in [0, 0.05) is 30.7 Å². The number of fused-ring (bicyclic) bond motifs is 1. The molecule has 0 aromatic carbocycles. The zero-order valence-corrected chi connectivity index (χ0v) is 12.8. The Morgan fingerprint density at radius 3 is 3.15 bits per heavy atom. The number of nitrogens with one attached hydrogen (secondary N) is 2. The molecule has 1 aliphatic rings. The van der Waals surface area contributed by atoms with Crippen LogP contribution < -0.4 is 10.6 Å². The van der Waals surface area contributed by atoms with E-state index in [-0.39, 0.29) is 0 Å². The van der Waals surface area contributed by atoms with E-state index in [2.05, 4.69) is 39.3 Å². The van der Waals surface area contributed by atoms with E-state index in [0.29, 0.717) is 6.04 Å². The van der Waals surface area contributed by atoms with Crippen LogP contribution in [0.3, 0.4) is 0 Å². The Morgan fingerprint density at radius 1 is 1.45 bits per heavy atom. The predicted molar refractivity (Wildman–Crippen MR) is 85.7 cm³/mol. The van der Waals surface area contributed by atoms with Crippen LogP contribution in [0, 0.1) is 0 Å². The summed E-state index contributed by atoms with van der Waals surface area (Å²) in [5.74, 6) is 2.94. The molecule has 0 radical (unpaired) electrons. The van der Waals surface area contributed by atoms with Crippen molar-refractivity contribution in [3.05, 3.63) is 18.6 Å². The molecule has 20 heavy (non-hydrogen) atoms. The van der Waals surface area contributed by atoms with Crippen LogP contribution in [-0.4, -0.2) is 38.5 Å². The summed E-state index contributed by atoms with van der Waals surface area (Å²) in [5, 5.41) is 7.48. The molecule has 0 saturated heterocycles. The van der Waals surface area contributed by atoms with Gasteiger partial charge in [0.05, 0.1) is 6.20 Å². The van der Waals surface area contributed by atoms with Gasteiger partial charge in [-0.05, 0) is 25.0 Å². The van der Waals surface area contributed by atoms with Crippen LogP contribution in [0.15, 0.2) is 18.6 Å². The van der Waals surface area contributed by atoms with Gasteiger partial charge in [-0.15, -0.1) is 0 Å². The molecular formula is C14H21N5S. The van der Waals surface area contributed by atoms with Gasteiger partial charge in [-0.3, -0.25) is 0 Å². The molecule has 0 amide bonds. The largest absolute Gasteiger partial charge is 0.372 e. The zero-order chi connectivity index (χ0) is 13.9. The minimum atomic E-state index is 0.513. The number of aromatic nitrogens is 3. The Hall–Kier alpha value is -1.43. The Balaban J connectivity index is 1.78. The summed E-state index contributed by atoms with van der Waals surface area (Å²) in [6.45, 7) is 2.23. The Morgan fingerprint density at radius 2 is 2.35 bits per heavy atom. The quantitative estimate of drug-likeness (QED) is 0.887. The van der Waals surface area contributed by atoms with Gasteiger partial charge in [-0.1, -0.05) is 6.92 Å². The van der Waals surface area contributed by atoms with Gasteiger partial charge in [0.15, 0.2) is 11.5 Å². The van der Waals surface area contributed by atoms with Crippen molar-refractivity contribution >= 4 is 29.0 Å². The van der Waals surface area contributed by atoms with Crippen LogP contribution >= 0.6 is 11.8 Å². The maximum absolute atomic E-state index is 4.61. The van der Waals surface area contributed by atoms with E-state index < -0.39 is 0 Å². The van der Waals surface area contributed by atoms with Crippen LogP contribution in [-0.2, 0) is 0 Å². The van der Waals surface area contributed by atoms with Crippen molar-refractivity contribution in [3.8, 4) is 0 Å². The number of thioether (sulfide) groups is 1. The van der Waals surface area contributed by atoms with Crippen molar-refractivity contribution in [2.75, 3.05) is 23.4 Å². The summed E-state index contributed by atoms with van der Waals surface area (Å²) in [6, 6.07) is 0.513. The third-order valence-electron chi connectivity index (χ3n) is 3.76. The number of anilines is 2. The molecule has 0 spiro atoms. The topological polar surface area (TPSA) is 54.2 Å². The number of rotatable bonds is 5. The van der Waals surface area contributed by atoms with Crippen LogP contribution in [0.2, 0.25) is 0 Å². The molecule has 108 valence electrons. The summed E-state index contributed by atoms with van der Waals surface area (Å²) in [6.07, 6.45) is 9.46. The molecule has 0 aliphatic heterocycles. The molecule has 5 nitrogen and oxygen atoms in total. The number of hydrogen-bond acceptors (Lipinski definition) is 5. The molecule has 1 saturated carbocycles. The molecule has 2 heterocycles. The maximum atomic E-state index is 4.61. The van der Waals surface area contributed by atoms with E-state index >= 15 is 0 Å². The highest BCUT2D eigenvalue weighted by Crippen LogP contribution is 2.32. The molecule has 3 rings (SSSR count). The molecule has 2 aromatic heterocycles. The van der Waals surface area contributed by atoms with E-state index in [9.17, 15) is 0 Å². The fraction of sp³-hybridized carbons (Fsp3) is 0.571. The van der Waals surface area contributed by atoms with E-state index in [1.54, 1.807) is 0 Å². The summed E-state index contributed by atoms with van der Waals surface area (Å²) in [4.78, 5) is 9.01. The first-order valence-electron chi connectivity index (χ1n) is 7.19. The molecule has 1 aliphatic carbocycles. The fourth-order valence-corrected chi connectivity index (χ4v) is 3.94. The molecule has 0 bridgehead atoms. The van der Waals surface area contributed by atoms with E-state index in [1.807, 2.05) is 30.0 Å². The number of imidazole rings is 1. The summed E-state index contributed by atoms with van der Waals surface area (Å²) in [7, 11) is 1.89. The fourth-order valence-electron chi connectivity index (χ4n) is 2.80. The normalized spacial score (nSPS) is 22.3. The highest BCUT2D eigenvalue weighted by Gasteiger charge is 2.25. The molecular weight excluding hydrogens is 270 g/mol. The lowest BCUT2D eigenvalue weighted by atomic mass is 10.2. The van der Waals surface area contributed by atoms with E-state index in [0.717, 1.165) is 22.5 Å². The minimum Gasteiger partial charge on any atom is -0.372 e. The van der Waals surface area contributed by atoms with Gasteiger partial charge < -0.3 is 15.0 Å². The molecule has 1 fully saturated rings. The van der Waals surface area contributed by atoms with Gasteiger partial charge in [-0.25, -0.2) is 9.97 Å². The van der Waals surface area contributed by atoms with Gasteiger partial charge in [-0.2, -0.15) is 11.8 Å². The standard InChI is InChI=1S/C14H21N5S/c1-3-20-11-5-4-10(8-11)17-13-14-16-6-7-19(14)9-12(15-2)18-13/h6-7,9-11,15H,3-5,8H2,1-2H3,(H,17,18). The van der Waals surface area contributed by atoms with Gasteiger partial charge in [0.2, 0.25) is 0 Å². The first kappa shape index (κ1) is 13.5. The van der Waals surface area contributed by atoms with E-state index in [4.69, 9.17) is 0 Å². The lowest BCUT2D eigenvalue weighted by Crippen LogP contribution is -2.18. The Bertz CT molecular complexity index is 582. The molecule has 2 atom stereocenters. The second-order valence-corrected chi connectivity index (χ2v) is 6.69. The first-order valence-corrected chi connectivity index (χ1v) is 8.24. The third kappa shape index (κ3) is 2.70. The lowest BCUT2D eigenvalue weighted by molar-refractivity contribution is 0.752. The summed E-state index contributed by atoms with van der Waals surface area (Å²) < 4.78 is 2.01. The van der Waals surface area contributed by atoms with E-state index in [1.165, 1.54) is 25.0 Å². The molecule has 2 aromatic rings. The van der Waals surface area contributed by atoms with Crippen molar-refractivity contribution in [3.63, 3.8) is 0 Å². The average Bonchev–Trinajstić information content (AvgIpc) is 3.08. The minimum absolute atomic E-state index is 0.513. The van der Waals surface area contributed by atoms with Crippen LogP contribution in [0.1, 0.15) is 26.2 Å². The Kier molecular flexibility index (Phi) is 4.00. The molecule has 2 N–H and O–H groups in total. The van der Waals surface area contributed by atoms with Crippen molar-refractivity contribution in [1.82, 2.24) is 14.4 Å². The van der Waals surface area contributed by atoms with Crippen LogP contribution in [0.5, 0.6) is 0 Å². The number of hydrogen-bond donors (Lipinski definition) is 2. The number of nitrogens with zero attached hydrogens (tertiary/aromatic N) is 3. The maximum Gasteiger partial charge on any atom is 0.180 e. The smallest absolute Gasteiger partial charge is 0.180 e. The monoisotopic (exact) mass is 291 g/mol. The van der Waals surface area contributed by atoms with Gasteiger partial charge >= 0.3 is 0 Å². The second kappa shape index (κ2) is 5.91. The molecule has 6 heteroatoms. The van der Waals surface area contributed by atoms with Crippen molar-refractivity contribution in [2.24, 2.45) is 0 Å². The first-order chi connectivity index (χ1) is 9.80. The lowest BCUT2D eigenvalue weighted by Gasteiger charge is -2.15. The highest BCUT2D eigenvalue weighted by atomic mass is 32.2. The average molecular weight is 291 g/mol. The highest BCUT2D eigenvalue weighted by molar-refractivity contribution is 7.99. The van der Waals surface area contributed by atoms with Gasteiger partial charge in [0.25, 0.3) is 0 Å². The third-order valence-corrected chi connectivity index (χ3v) is 4.99. The summed E-state index contributed by atoms with van der Waals surface area (Å²) >= 11 is 2.07. The SMILES string of the molecule is CCSC1CCC(Nc2nc(NC)cn3ccnc23)C1. The van der Waals surface area contributed by atoms with Crippen molar-refractivity contribution in [2.45, 2.75) is 37.5 Å². The zero-order valence-electron chi connectivity index (χ0n) is 12.0. The summed E-state index contributed by atoms with van der Waals surface area (Å²) in [5.41, 5.74) is 0.899. The predicted octanol–water partition coefficient (Wildman–Crippen LogP) is 2.86.